The minimum Gasteiger partial charge on any atom is -0.478 e. The molecule has 14 heteroatoms. The Morgan fingerprint density at radius 2 is 1.82 bits per heavy atom. The second-order valence-corrected chi connectivity index (χ2v) is 10.00. The number of carbonyl (C=O) groups is 4. The van der Waals surface area contributed by atoms with Crippen LogP contribution in [0.5, 0.6) is 0 Å². The zero-order valence-corrected chi connectivity index (χ0v) is 23.5. The van der Waals surface area contributed by atoms with Crippen LogP contribution in [0.3, 0.4) is 0 Å². The van der Waals surface area contributed by atoms with Gasteiger partial charge in [0.2, 0.25) is 11.8 Å². The fourth-order valence-corrected chi connectivity index (χ4v) is 5.05. The molecule has 0 aliphatic carbocycles. The maximum atomic E-state index is 15.1. The lowest BCUT2D eigenvalue weighted by Crippen LogP contribution is -2.45. The van der Waals surface area contributed by atoms with Gasteiger partial charge in [0.1, 0.15) is 12.4 Å². The first-order valence-electron chi connectivity index (χ1n) is 13.1. The molecule has 3 amide bonds. The molecular formula is C30H23ClFN7O5. The molecule has 1 atom stereocenters. The van der Waals surface area contributed by atoms with Crippen molar-refractivity contribution in [3.8, 4) is 5.69 Å². The number of rotatable bonds is 8. The minimum atomic E-state index is -1.14. The van der Waals surface area contributed by atoms with Gasteiger partial charge in [-0.25, -0.2) is 9.18 Å². The number of benzene rings is 3. The van der Waals surface area contributed by atoms with Crippen molar-refractivity contribution in [1.82, 2.24) is 25.1 Å². The van der Waals surface area contributed by atoms with E-state index in [1.807, 2.05) is 0 Å². The van der Waals surface area contributed by atoms with Gasteiger partial charge in [0.15, 0.2) is 5.82 Å². The van der Waals surface area contributed by atoms with Gasteiger partial charge in [0.05, 0.1) is 16.3 Å². The summed E-state index contributed by atoms with van der Waals surface area (Å²) in [6.07, 6.45) is 6.72. The van der Waals surface area contributed by atoms with Crippen molar-refractivity contribution in [2.45, 2.75) is 12.5 Å². The number of carbonyl (C=O) groups excluding carboxylic acids is 3. The number of aromatic carboxylic acids is 1. The van der Waals surface area contributed by atoms with Gasteiger partial charge in [-0.05, 0) is 82.1 Å². The summed E-state index contributed by atoms with van der Waals surface area (Å²) in [6, 6.07) is 12.4. The average Bonchev–Trinajstić information content (AvgIpc) is 3.55. The lowest BCUT2D eigenvalue weighted by Gasteiger charge is -2.36. The number of halogens is 2. The number of hydrogen-bond donors (Lipinski definition) is 3. The van der Waals surface area contributed by atoms with Crippen LogP contribution in [0.4, 0.5) is 10.1 Å². The fraction of sp³-hybridized carbons (Fsp3) is 0.100. The van der Waals surface area contributed by atoms with E-state index in [4.69, 9.17) is 17.3 Å². The molecule has 1 aliphatic rings. The molecule has 0 fully saturated rings. The molecule has 3 aromatic carbocycles. The van der Waals surface area contributed by atoms with Crippen LogP contribution < -0.4 is 11.1 Å². The highest BCUT2D eigenvalue weighted by molar-refractivity contribution is 6.31. The highest BCUT2D eigenvalue weighted by atomic mass is 35.5. The summed E-state index contributed by atoms with van der Waals surface area (Å²) in [7, 11) is 0. The lowest BCUT2D eigenvalue weighted by atomic mass is 9.88. The van der Waals surface area contributed by atoms with E-state index in [0.717, 1.165) is 11.6 Å². The van der Waals surface area contributed by atoms with Crippen molar-refractivity contribution in [1.29, 1.82) is 0 Å². The summed E-state index contributed by atoms with van der Waals surface area (Å²) in [5, 5.41) is 22.7. The standard InChI is InChI=1S/C30H23ClFN7O5/c31-23-10-11-24(39-16-34-36-37-39)22(27(23)32)9-13-26(41)38-15-14-20-17(6-12-25(33)40)2-1-3-21(20)28(38)29(42)35-19-7-4-18(5-8-19)30(43)44/h1-13,16,28H,14-15H2,(H2,33,40)(H,35,42)(H,43,44)/b12-6?,13-9+. The zero-order valence-electron chi connectivity index (χ0n) is 22.7. The number of hydrogen-bond acceptors (Lipinski definition) is 7. The zero-order chi connectivity index (χ0) is 31.4. The first-order chi connectivity index (χ1) is 21.1. The molecule has 0 saturated heterocycles. The Kier molecular flexibility index (Phi) is 8.58. The third-order valence-corrected chi connectivity index (χ3v) is 7.21. The second kappa shape index (κ2) is 12.7. The van der Waals surface area contributed by atoms with Gasteiger partial charge < -0.3 is 21.1 Å². The Morgan fingerprint density at radius 1 is 1.05 bits per heavy atom. The smallest absolute Gasteiger partial charge is 0.335 e. The van der Waals surface area contributed by atoms with Crippen LogP contribution in [0, 0.1) is 5.82 Å². The van der Waals surface area contributed by atoms with Crippen molar-refractivity contribution >= 4 is 53.1 Å². The summed E-state index contributed by atoms with van der Waals surface area (Å²) in [5.74, 6) is -3.73. The molecule has 4 aromatic rings. The van der Waals surface area contributed by atoms with Crippen molar-refractivity contribution in [2.75, 3.05) is 11.9 Å². The molecule has 0 radical (unpaired) electrons. The molecule has 1 unspecified atom stereocenters. The predicted octanol–water partition coefficient (Wildman–Crippen LogP) is 3.43. The van der Waals surface area contributed by atoms with E-state index in [1.165, 1.54) is 64.5 Å². The van der Waals surface area contributed by atoms with E-state index in [-0.39, 0.29) is 28.4 Å². The van der Waals surface area contributed by atoms with Crippen molar-refractivity contribution in [3.63, 3.8) is 0 Å². The van der Waals surface area contributed by atoms with Gasteiger partial charge in [0.25, 0.3) is 5.91 Å². The van der Waals surface area contributed by atoms with Gasteiger partial charge in [-0.1, -0.05) is 29.8 Å². The number of tetrazole rings is 1. The Balaban J connectivity index is 1.52. The Bertz CT molecular complexity index is 1820. The Labute approximate surface area is 254 Å². The van der Waals surface area contributed by atoms with Crippen molar-refractivity contribution in [3.05, 3.63) is 112 Å². The second-order valence-electron chi connectivity index (χ2n) is 9.59. The largest absolute Gasteiger partial charge is 0.478 e. The molecule has 12 nitrogen and oxygen atoms in total. The molecule has 1 aromatic heterocycles. The molecule has 0 spiro atoms. The van der Waals surface area contributed by atoms with Gasteiger partial charge in [0, 0.05) is 29.9 Å². The van der Waals surface area contributed by atoms with Crippen molar-refractivity contribution < 1.29 is 28.7 Å². The van der Waals surface area contributed by atoms with E-state index in [2.05, 4.69) is 20.8 Å². The van der Waals surface area contributed by atoms with E-state index < -0.39 is 35.5 Å². The average molecular weight is 616 g/mol. The number of primary amides is 1. The number of carboxylic acid groups (broad SMARTS) is 1. The van der Waals surface area contributed by atoms with Crippen molar-refractivity contribution in [2.24, 2.45) is 5.73 Å². The monoisotopic (exact) mass is 615 g/mol. The highest BCUT2D eigenvalue weighted by Gasteiger charge is 2.36. The third kappa shape index (κ3) is 6.22. The van der Waals surface area contributed by atoms with Crippen LogP contribution in [-0.4, -0.2) is 60.4 Å². The number of amides is 3. The van der Waals surface area contributed by atoms with Crippen LogP contribution in [0.25, 0.3) is 17.8 Å². The SMILES string of the molecule is NC(=O)C=Cc1cccc2c1CCN(C(=O)/C=C/c1c(-n3cnnn3)ccc(Cl)c1F)C2C(=O)Nc1ccc(C(=O)O)cc1. The third-order valence-electron chi connectivity index (χ3n) is 6.91. The molecule has 0 bridgehead atoms. The molecule has 2 heterocycles. The summed E-state index contributed by atoms with van der Waals surface area (Å²) < 4.78 is 16.3. The summed E-state index contributed by atoms with van der Waals surface area (Å²) in [5.41, 5.74) is 7.71. The van der Waals surface area contributed by atoms with E-state index >= 15 is 4.39 Å². The topological polar surface area (TPSA) is 173 Å². The van der Waals surface area contributed by atoms with E-state index in [1.54, 1.807) is 24.3 Å². The molecule has 0 saturated carbocycles. The number of aromatic nitrogens is 4. The van der Waals surface area contributed by atoms with E-state index in [0.29, 0.717) is 23.2 Å². The van der Waals surface area contributed by atoms with Crippen LogP contribution in [0.1, 0.15) is 38.7 Å². The number of nitrogens with one attached hydrogen (secondary N) is 1. The summed E-state index contributed by atoms with van der Waals surface area (Å²) in [4.78, 5) is 51.4. The first-order valence-corrected chi connectivity index (χ1v) is 13.5. The molecule has 44 heavy (non-hydrogen) atoms. The summed E-state index contributed by atoms with van der Waals surface area (Å²) >= 11 is 6.01. The summed E-state index contributed by atoms with van der Waals surface area (Å²) in [6.45, 7) is 0.103. The van der Waals surface area contributed by atoms with Gasteiger partial charge in [-0.2, -0.15) is 4.68 Å². The number of nitrogens with zero attached hydrogens (tertiary/aromatic N) is 5. The van der Waals surface area contributed by atoms with Crippen LogP contribution in [0.15, 0.2) is 73.1 Å². The van der Waals surface area contributed by atoms with E-state index in [9.17, 15) is 24.3 Å². The lowest BCUT2D eigenvalue weighted by molar-refractivity contribution is -0.135. The predicted molar refractivity (Wildman–Crippen MR) is 158 cm³/mol. The fourth-order valence-electron chi connectivity index (χ4n) is 4.89. The number of anilines is 1. The highest BCUT2D eigenvalue weighted by Crippen LogP contribution is 2.34. The molecule has 5 rings (SSSR count). The molecule has 222 valence electrons. The minimum absolute atomic E-state index is 0.0353. The quantitative estimate of drug-likeness (QED) is 0.253. The van der Waals surface area contributed by atoms with Crippen LogP contribution in [-0.2, 0) is 20.8 Å². The molecule has 1 aliphatic heterocycles. The normalized spacial score (nSPS) is 14.5. The number of fused-ring (bicyclic) bond motifs is 1. The van der Waals surface area contributed by atoms with Crippen LogP contribution >= 0.6 is 11.6 Å². The van der Waals surface area contributed by atoms with Gasteiger partial charge >= 0.3 is 5.97 Å². The van der Waals surface area contributed by atoms with Gasteiger partial charge in [-0.3, -0.25) is 14.4 Å². The number of carboxylic acids is 1. The Hall–Kier alpha value is -5.69. The maximum Gasteiger partial charge on any atom is 0.335 e. The molecular weight excluding hydrogens is 593 g/mol. The molecule has 4 N–H and O–H groups in total. The van der Waals surface area contributed by atoms with Crippen LogP contribution in [0.2, 0.25) is 5.02 Å². The Morgan fingerprint density at radius 3 is 2.50 bits per heavy atom. The maximum absolute atomic E-state index is 15.1. The number of nitrogens with two attached hydrogens (primary N) is 1. The van der Waals surface area contributed by atoms with Gasteiger partial charge in [-0.15, -0.1) is 5.10 Å². The first kappa shape index (κ1) is 29.8.